The molecule has 1 atom stereocenters. The molecule has 0 aromatic heterocycles. The molecule has 0 aliphatic heterocycles. The Hall–Kier alpha value is -1.26. The first-order chi connectivity index (χ1) is 9.48. The lowest BCUT2D eigenvalue weighted by Crippen LogP contribution is -2.55. The van der Waals surface area contributed by atoms with Crippen LogP contribution in [-0.2, 0) is 6.42 Å². The van der Waals surface area contributed by atoms with Crippen molar-refractivity contribution in [3.05, 3.63) is 23.8 Å². The maximum atomic E-state index is 6.46. The van der Waals surface area contributed by atoms with Crippen LogP contribution in [-0.4, -0.2) is 37.4 Å². The molecular weight excluding hydrogens is 252 g/mol. The third kappa shape index (κ3) is 4.12. The van der Waals surface area contributed by atoms with E-state index in [1.807, 2.05) is 19.1 Å². The average molecular weight is 280 g/mol. The lowest BCUT2D eigenvalue weighted by Gasteiger charge is -2.37. The summed E-state index contributed by atoms with van der Waals surface area (Å²) in [4.78, 5) is 2.26. The highest BCUT2D eigenvalue weighted by molar-refractivity contribution is 5.43. The van der Waals surface area contributed by atoms with Crippen molar-refractivity contribution in [1.82, 2.24) is 4.90 Å². The fraction of sp³-hybridized carbons (Fsp3) is 0.625. The van der Waals surface area contributed by atoms with Gasteiger partial charge in [0.1, 0.15) is 0 Å². The van der Waals surface area contributed by atoms with E-state index < -0.39 is 0 Å². The fourth-order valence-corrected chi connectivity index (χ4v) is 2.57. The van der Waals surface area contributed by atoms with Gasteiger partial charge in [0.15, 0.2) is 11.5 Å². The Morgan fingerprint density at radius 3 is 2.30 bits per heavy atom. The highest BCUT2D eigenvalue weighted by atomic mass is 16.5. The van der Waals surface area contributed by atoms with Gasteiger partial charge in [0.25, 0.3) is 0 Å². The van der Waals surface area contributed by atoms with E-state index in [4.69, 9.17) is 15.2 Å². The molecule has 4 nitrogen and oxygen atoms in total. The Balaban J connectivity index is 2.92. The number of nitrogens with zero attached hydrogens (tertiary/aromatic N) is 1. The molecule has 114 valence electrons. The molecule has 0 saturated heterocycles. The van der Waals surface area contributed by atoms with Crippen LogP contribution >= 0.6 is 0 Å². The van der Waals surface area contributed by atoms with Crippen molar-refractivity contribution in [3.63, 3.8) is 0 Å². The van der Waals surface area contributed by atoms with Crippen molar-refractivity contribution in [1.29, 1.82) is 0 Å². The van der Waals surface area contributed by atoms with E-state index in [1.54, 1.807) is 7.11 Å². The molecule has 2 N–H and O–H groups in total. The first-order valence-electron chi connectivity index (χ1n) is 7.32. The Bertz CT molecular complexity index is 415. The van der Waals surface area contributed by atoms with Gasteiger partial charge in [0.05, 0.1) is 19.4 Å². The molecule has 0 aliphatic rings. The molecule has 0 fully saturated rings. The van der Waals surface area contributed by atoms with Crippen LogP contribution in [0, 0.1) is 0 Å². The molecule has 0 amide bonds. The van der Waals surface area contributed by atoms with Gasteiger partial charge < -0.3 is 15.2 Å². The topological polar surface area (TPSA) is 47.7 Å². The number of hydrogen-bond donors (Lipinski definition) is 1. The molecule has 0 spiro atoms. The van der Waals surface area contributed by atoms with Crippen LogP contribution in [0.2, 0.25) is 0 Å². The summed E-state index contributed by atoms with van der Waals surface area (Å²) < 4.78 is 10.9. The van der Waals surface area contributed by atoms with Gasteiger partial charge >= 0.3 is 0 Å². The van der Waals surface area contributed by atoms with Crippen LogP contribution in [0.25, 0.3) is 0 Å². The van der Waals surface area contributed by atoms with Crippen LogP contribution in [0.15, 0.2) is 18.2 Å². The monoisotopic (exact) mass is 280 g/mol. The van der Waals surface area contributed by atoms with Crippen molar-refractivity contribution >= 4 is 0 Å². The third-order valence-electron chi connectivity index (χ3n) is 3.58. The second-order valence-electron chi connectivity index (χ2n) is 5.12. The van der Waals surface area contributed by atoms with Crippen LogP contribution in [0.4, 0.5) is 0 Å². The maximum Gasteiger partial charge on any atom is 0.161 e. The summed E-state index contributed by atoms with van der Waals surface area (Å²) >= 11 is 0. The van der Waals surface area contributed by atoms with E-state index in [9.17, 15) is 0 Å². The van der Waals surface area contributed by atoms with E-state index in [0.29, 0.717) is 6.61 Å². The van der Waals surface area contributed by atoms with Gasteiger partial charge in [0, 0.05) is 6.42 Å². The van der Waals surface area contributed by atoms with Crippen molar-refractivity contribution < 1.29 is 9.47 Å². The largest absolute Gasteiger partial charge is 0.493 e. The highest BCUT2D eigenvalue weighted by Gasteiger charge is 2.25. The van der Waals surface area contributed by atoms with Gasteiger partial charge in [-0.3, -0.25) is 4.90 Å². The predicted molar refractivity (Wildman–Crippen MR) is 83.4 cm³/mol. The van der Waals surface area contributed by atoms with E-state index in [0.717, 1.165) is 36.6 Å². The molecule has 0 bridgehead atoms. The summed E-state index contributed by atoms with van der Waals surface area (Å²) in [6.45, 7) is 10.8. The number of rotatable bonds is 8. The molecule has 20 heavy (non-hydrogen) atoms. The van der Waals surface area contributed by atoms with Crippen molar-refractivity contribution in [2.75, 3.05) is 26.8 Å². The molecule has 0 saturated carbocycles. The number of benzene rings is 1. The standard InChI is InChI=1S/C16H28N2O2/c1-6-18(7-2)16(4,17)12-13-9-10-14(20-8-3)15(11-13)19-5/h9-11H,6-8,12,17H2,1-5H3. The second-order valence-corrected chi connectivity index (χ2v) is 5.12. The van der Waals surface area contributed by atoms with Gasteiger partial charge in [-0.15, -0.1) is 0 Å². The van der Waals surface area contributed by atoms with Gasteiger partial charge in [-0.2, -0.15) is 0 Å². The lowest BCUT2D eigenvalue weighted by molar-refractivity contribution is 0.123. The molecule has 0 heterocycles. The van der Waals surface area contributed by atoms with Crippen molar-refractivity contribution in [2.24, 2.45) is 5.73 Å². The number of likely N-dealkylation sites (N-methyl/N-ethyl adjacent to an activating group) is 1. The van der Waals surface area contributed by atoms with Crippen LogP contribution in [0.1, 0.15) is 33.3 Å². The molecule has 1 unspecified atom stereocenters. The minimum atomic E-state index is -0.359. The van der Waals surface area contributed by atoms with Gasteiger partial charge in [-0.1, -0.05) is 19.9 Å². The summed E-state index contributed by atoms with van der Waals surface area (Å²) in [6.07, 6.45) is 0.775. The molecule has 4 heteroatoms. The fourth-order valence-electron chi connectivity index (χ4n) is 2.57. The van der Waals surface area contributed by atoms with Crippen LogP contribution in [0.3, 0.4) is 0 Å². The quantitative estimate of drug-likeness (QED) is 0.744. The number of hydrogen-bond acceptors (Lipinski definition) is 4. The third-order valence-corrected chi connectivity index (χ3v) is 3.58. The zero-order valence-corrected chi connectivity index (χ0v) is 13.4. The first kappa shape index (κ1) is 16.8. The van der Waals surface area contributed by atoms with E-state index >= 15 is 0 Å². The maximum absolute atomic E-state index is 6.46. The lowest BCUT2D eigenvalue weighted by atomic mass is 10.00. The smallest absolute Gasteiger partial charge is 0.161 e. The van der Waals surface area contributed by atoms with Gasteiger partial charge in [-0.05, 0) is 44.6 Å². The average Bonchev–Trinajstić information content (AvgIpc) is 2.41. The van der Waals surface area contributed by atoms with E-state index in [1.165, 1.54) is 0 Å². The van der Waals surface area contributed by atoms with Gasteiger partial charge in [0.2, 0.25) is 0 Å². The van der Waals surface area contributed by atoms with Gasteiger partial charge in [-0.25, -0.2) is 0 Å². The SMILES string of the molecule is CCOc1ccc(CC(C)(N)N(CC)CC)cc1OC. The molecule has 0 aliphatic carbocycles. The van der Waals surface area contributed by atoms with E-state index in [-0.39, 0.29) is 5.66 Å². The second kappa shape index (κ2) is 7.50. The summed E-state index contributed by atoms with van der Waals surface area (Å²) in [6, 6.07) is 6.03. The minimum absolute atomic E-state index is 0.359. The van der Waals surface area contributed by atoms with Crippen LogP contribution in [0.5, 0.6) is 11.5 Å². The normalized spacial score (nSPS) is 14.2. The molecule has 1 aromatic rings. The number of methoxy groups -OCH3 is 1. The zero-order chi connectivity index (χ0) is 15.2. The Kier molecular flexibility index (Phi) is 6.30. The Morgan fingerprint density at radius 1 is 1.15 bits per heavy atom. The predicted octanol–water partition coefficient (Wildman–Crippen LogP) is 2.65. The molecule has 1 aromatic carbocycles. The number of nitrogens with two attached hydrogens (primary N) is 1. The molecular formula is C16H28N2O2. The Labute approximate surface area is 122 Å². The zero-order valence-electron chi connectivity index (χ0n) is 13.4. The summed E-state index contributed by atoms with van der Waals surface area (Å²) in [5.74, 6) is 1.54. The number of ether oxygens (including phenoxy) is 2. The summed E-state index contributed by atoms with van der Waals surface area (Å²) in [5.41, 5.74) is 7.25. The van der Waals surface area contributed by atoms with Crippen LogP contribution < -0.4 is 15.2 Å². The van der Waals surface area contributed by atoms with Crippen molar-refractivity contribution in [2.45, 2.75) is 39.8 Å². The first-order valence-corrected chi connectivity index (χ1v) is 7.32. The minimum Gasteiger partial charge on any atom is -0.493 e. The highest BCUT2D eigenvalue weighted by Crippen LogP contribution is 2.29. The molecule has 1 rings (SSSR count). The van der Waals surface area contributed by atoms with Crippen molar-refractivity contribution in [3.8, 4) is 11.5 Å². The summed E-state index contributed by atoms with van der Waals surface area (Å²) in [5, 5.41) is 0. The van der Waals surface area contributed by atoms with E-state index in [2.05, 4.69) is 31.7 Å². The Morgan fingerprint density at radius 2 is 1.80 bits per heavy atom. The molecule has 0 radical (unpaired) electrons. The summed E-state index contributed by atoms with van der Waals surface area (Å²) in [7, 11) is 1.66.